The lowest BCUT2D eigenvalue weighted by molar-refractivity contribution is -0.129. The van der Waals surface area contributed by atoms with Gasteiger partial charge in [-0.25, -0.2) is 0 Å². The molecular formula is C15H23N3O2. The van der Waals surface area contributed by atoms with E-state index < -0.39 is 0 Å². The van der Waals surface area contributed by atoms with Gasteiger partial charge < -0.3 is 10.6 Å². The predicted molar refractivity (Wildman–Crippen MR) is 77.8 cm³/mol. The van der Waals surface area contributed by atoms with E-state index in [9.17, 15) is 9.59 Å². The monoisotopic (exact) mass is 277 g/mol. The number of pyridine rings is 1. The van der Waals surface area contributed by atoms with E-state index in [4.69, 9.17) is 0 Å². The fraction of sp³-hybridized carbons (Fsp3) is 0.533. The fourth-order valence-electron chi connectivity index (χ4n) is 1.48. The Balaban J connectivity index is 2.22. The fourth-order valence-corrected chi connectivity index (χ4v) is 1.48. The lowest BCUT2D eigenvalue weighted by Crippen LogP contribution is -2.38. The average Bonchev–Trinajstić information content (AvgIpc) is 2.46. The van der Waals surface area contributed by atoms with Gasteiger partial charge in [0, 0.05) is 37.3 Å². The molecule has 2 N–H and O–H groups in total. The van der Waals surface area contributed by atoms with Crippen LogP contribution in [0.4, 0.5) is 0 Å². The van der Waals surface area contributed by atoms with Gasteiger partial charge in [0.1, 0.15) is 0 Å². The SMILES string of the molecule is CCC(C)(C)C(=O)NCCC(=O)NCc1cccnc1. The van der Waals surface area contributed by atoms with Crippen LogP contribution in [0.15, 0.2) is 24.5 Å². The summed E-state index contributed by atoms with van der Waals surface area (Å²) in [7, 11) is 0. The van der Waals surface area contributed by atoms with E-state index in [2.05, 4.69) is 15.6 Å². The number of hydrogen-bond donors (Lipinski definition) is 2. The van der Waals surface area contributed by atoms with E-state index in [-0.39, 0.29) is 23.7 Å². The van der Waals surface area contributed by atoms with Crippen molar-refractivity contribution in [3.63, 3.8) is 0 Å². The molecular weight excluding hydrogens is 254 g/mol. The Morgan fingerprint density at radius 1 is 1.30 bits per heavy atom. The normalized spacial score (nSPS) is 10.9. The van der Waals surface area contributed by atoms with Crippen LogP contribution >= 0.6 is 0 Å². The summed E-state index contributed by atoms with van der Waals surface area (Å²) in [5, 5.41) is 5.59. The van der Waals surface area contributed by atoms with Gasteiger partial charge in [0.2, 0.25) is 11.8 Å². The number of amides is 2. The van der Waals surface area contributed by atoms with Crippen LogP contribution < -0.4 is 10.6 Å². The molecule has 0 saturated carbocycles. The number of hydrogen-bond acceptors (Lipinski definition) is 3. The van der Waals surface area contributed by atoms with Gasteiger partial charge in [-0.2, -0.15) is 0 Å². The van der Waals surface area contributed by atoms with E-state index in [1.807, 2.05) is 32.9 Å². The summed E-state index contributed by atoms with van der Waals surface area (Å²) in [6.45, 7) is 6.58. The second-order valence-corrected chi connectivity index (χ2v) is 5.38. The van der Waals surface area contributed by atoms with Crippen molar-refractivity contribution in [1.82, 2.24) is 15.6 Å². The van der Waals surface area contributed by atoms with Crippen LogP contribution in [-0.4, -0.2) is 23.3 Å². The Kier molecular flexibility index (Phi) is 6.15. The zero-order valence-corrected chi connectivity index (χ0v) is 12.4. The molecule has 1 rings (SSSR count). The summed E-state index contributed by atoms with van der Waals surface area (Å²) in [5.41, 5.74) is 0.573. The minimum atomic E-state index is -0.383. The maximum Gasteiger partial charge on any atom is 0.225 e. The van der Waals surface area contributed by atoms with E-state index in [1.165, 1.54) is 0 Å². The predicted octanol–water partition coefficient (Wildman–Crippen LogP) is 1.64. The van der Waals surface area contributed by atoms with Gasteiger partial charge in [0.15, 0.2) is 0 Å². The lowest BCUT2D eigenvalue weighted by Gasteiger charge is -2.21. The van der Waals surface area contributed by atoms with Gasteiger partial charge in [-0.3, -0.25) is 14.6 Å². The van der Waals surface area contributed by atoms with E-state index in [0.29, 0.717) is 13.1 Å². The third-order valence-electron chi connectivity index (χ3n) is 3.35. The van der Waals surface area contributed by atoms with Gasteiger partial charge in [-0.1, -0.05) is 26.8 Å². The van der Waals surface area contributed by atoms with Crippen LogP contribution in [-0.2, 0) is 16.1 Å². The highest BCUT2D eigenvalue weighted by Crippen LogP contribution is 2.19. The van der Waals surface area contributed by atoms with Crippen molar-refractivity contribution < 1.29 is 9.59 Å². The first-order chi connectivity index (χ1) is 9.45. The Morgan fingerprint density at radius 2 is 2.05 bits per heavy atom. The number of aromatic nitrogens is 1. The maximum atomic E-state index is 11.8. The first kappa shape index (κ1) is 16.1. The molecule has 0 spiro atoms. The van der Waals surface area contributed by atoms with E-state index in [1.54, 1.807) is 12.4 Å². The highest BCUT2D eigenvalue weighted by atomic mass is 16.2. The molecule has 0 unspecified atom stereocenters. The molecule has 0 fully saturated rings. The van der Waals surface area contributed by atoms with Crippen molar-refractivity contribution in [1.29, 1.82) is 0 Å². The molecule has 20 heavy (non-hydrogen) atoms. The second kappa shape index (κ2) is 7.62. The van der Waals surface area contributed by atoms with Crippen molar-refractivity contribution in [3.8, 4) is 0 Å². The smallest absolute Gasteiger partial charge is 0.225 e. The third-order valence-corrected chi connectivity index (χ3v) is 3.35. The summed E-state index contributed by atoms with van der Waals surface area (Å²) in [6, 6.07) is 3.73. The Morgan fingerprint density at radius 3 is 2.65 bits per heavy atom. The third kappa shape index (κ3) is 5.38. The Labute approximate surface area is 120 Å². The molecule has 0 saturated heterocycles. The van der Waals surface area contributed by atoms with Crippen LogP contribution in [0.25, 0.3) is 0 Å². The lowest BCUT2D eigenvalue weighted by atomic mass is 9.89. The molecule has 0 aliphatic carbocycles. The number of nitrogens with one attached hydrogen (secondary N) is 2. The van der Waals surface area contributed by atoms with E-state index in [0.717, 1.165) is 12.0 Å². The second-order valence-electron chi connectivity index (χ2n) is 5.38. The average molecular weight is 277 g/mol. The van der Waals surface area contributed by atoms with Gasteiger partial charge in [-0.15, -0.1) is 0 Å². The molecule has 0 bridgehead atoms. The van der Waals surface area contributed by atoms with Crippen molar-refractivity contribution in [2.45, 2.75) is 40.2 Å². The molecule has 0 atom stereocenters. The van der Waals surface area contributed by atoms with Crippen molar-refractivity contribution in [3.05, 3.63) is 30.1 Å². The number of carbonyl (C=O) groups excluding carboxylic acids is 2. The minimum Gasteiger partial charge on any atom is -0.355 e. The zero-order valence-electron chi connectivity index (χ0n) is 12.4. The first-order valence-corrected chi connectivity index (χ1v) is 6.89. The van der Waals surface area contributed by atoms with Crippen molar-refractivity contribution in [2.75, 3.05) is 6.54 Å². The Bertz CT molecular complexity index is 444. The molecule has 0 aromatic carbocycles. The summed E-state index contributed by atoms with van der Waals surface area (Å²) >= 11 is 0. The van der Waals surface area contributed by atoms with Crippen LogP contribution in [0.5, 0.6) is 0 Å². The van der Waals surface area contributed by atoms with Gasteiger partial charge in [-0.05, 0) is 18.1 Å². The summed E-state index contributed by atoms with van der Waals surface area (Å²) in [5.74, 6) is -0.0940. The molecule has 5 nitrogen and oxygen atoms in total. The number of carbonyl (C=O) groups is 2. The van der Waals surface area contributed by atoms with Gasteiger partial charge >= 0.3 is 0 Å². The first-order valence-electron chi connectivity index (χ1n) is 6.89. The molecule has 1 heterocycles. The standard InChI is InChI=1S/C15H23N3O2/c1-4-15(2,3)14(20)17-9-7-13(19)18-11-12-6-5-8-16-10-12/h5-6,8,10H,4,7,9,11H2,1-3H3,(H,17,20)(H,18,19). The molecule has 1 aromatic heterocycles. The zero-order chi connectivity index (χ0) is 15.0. The molecule has 0 aliphatic rings. The molecule has 110 valence electrons. The summed E-state index contributed by atoms with van der Waals surface area (Å²) < 4.78 is 0. The molecule has 0 radical (unpaired) electrons. The summed E-state index contributed by atoms with van der Waals surface area (Å²) in [6.07, 6.45) is 4.46. The molecule has 5 heteroatoms. The van der Waals surface area contributed by atoms with Gasteiger partial charge in [0.05, 0.1) is 0 Å². The highest BCUT2D eigenvalue weighted by molar-refractivity contribution is 5.82. The Hall–Kier alpha value is -1.91. The van der Waals surface area contributed by atoms with Gasteiger partial charge in [0.25, 0.3) is 0 Å². The quantitative estimate of drug-likeness (QED) is 0.796. The van der Waals surface area contributed by atoms with E-state index >= 15 is 0 Å². The van der Waals surface area contributed by atoms with Crippen LogP contribution in [0.3, 0.4) is 0 Å². The summed E-state index contributed by atoms with van der Waals surface area (Å²) in [4.78, 5) is 27.4. The van der Waals surface area contributed by atoms with Crippen molar-refractivity contribution in [2.24, 2.45) is 5.41 Å². The highest BCUT2D eigenvalue weighted by Gasteiger charge is 2.24. The molecule has 1 aromatic rings. The molecule has 2 amide bonds. The van der Waals surface area contributed by atoms with Crippen molar-refractivity contribution >= 4 is 11.8 Å². The maximum absolute atomic E-state index is 11.8. The number of rotatable bonds is 7. The largest absolute Gasteiger partial charge is 0.355 e. The topological polar surface area (TPSA) is 71.1 Å². The minimum absolute atomic E-state index is 0.0138. The van der Waals surface area contributed by atoms with Crippen LogP contribution in [0.2, 0.25) is 0 Å². The molecule has 0 aliphatic heterocycles. The van der Waals surface area contributed by atoms with Crippen LogP contribution in [0.1, 0.15) is 39.2 Å². The number of nitrogens with zero attached hydrogens (tertiary/aromatic N) is 1. The van der Waals surface area contributed by atoms with Crippen LogP contribution in [0, 0.1) is 5.41 Å².